The number of hydrogen-bond acceptors (Lipinski definition) is 6. The Bertz CT molecular complexity index is 1090. The summed E-state index contributed by atoms with van der Waals surface area (Å²) in [6, 6.07) is 13.4. The molecule has 1 unspecified atom stereocenters. The van der Waals surface area contributed by atoms with Crippen molar-refractivity contribution in [3.63, 3.8) is 0 Å². The highest BCUT2D eigenvalue weighted by atomic mass is 35.5. The Morgan fingerprint density at radius 1 is 1.18 bits per heavy atom. The van der Waals surface area contributed by atoms with Gasteiger partial charge in [0.05, 0.1) is 35.7 Å². The molecule has 9 heteroatoms. The van der Waals surface area contributed by atoms with E-state index in [1.165, 1.54) is 22.9 Å². The minimum atomic E-state index is -0.144. The first-order chi connectivity index (χ1) is 16.0. The van der Waals surface area contributed by atoms with Crippen molar-refractivity contribution in [1.82, 2.24) is 14.8 Å². The zero-order chi connectivity index (χ0) is 23.2. The van der Waals surface area contributed by atoms with Crippen molar-refractivity contribution < 1.29 is 9.53 Å². The Balaban J connectivity index is 1.45. The molecule has 1 amide bonds. The molecule has 2 N–H and O–H groups in total. The lowest BCUT2D eigenvalue weighted by Gasteiger charge is -2.16. The Hall–Kier alpha value is -2.55. The third-order valence-electron chi connectivity index (χ3n) is 5.59. The van der Waals surface area contributed by atoms with Gasteiger partial charge < -0.3 is 19.9 Å². The second-order valence-electron chi connectivity index (χ2n) is 8.08. The molecule has 1 fully saturated rings. The molecule has 0 aliphatic carbocycles. The maximum Gasteiger partial charge on any atom is 0.234 e. The van der Waals surface area contributed by atoms with Crippen LogP contribution < -0.4 is 10.6 Å². The number of rotatable bonds is 9. The Morgan fingerprint density at radius 3 is 2.70 bits per heavy atom. The lowest BCUT2D eigenvalue weighted by atomic mass is 10.1. The number of para-hydroxylation sites is 2. The molecule has 1 atom stereocenters. The molecule has 3 aromatic rings. The molecule has 0 saturated carbocycles. The number of carbonyl (C=O) groups excluding carboxylic acids is 1. The summed E-state index contributed by atoms with van der Waals surface area (Å²) in [7, 11) is 0. The Morgan fingerprint density at radius 2 is 1.97 bits per heavy atom. The summed E-state index contributed by atoms with van der Waals surface area (Å²) in [5, 5.41) is 16.4. The predicted octanol–water partition coefficient (Wildman–Crippen LogP) is 5.07. The molecule has 4 rings (SSSR count). The molecule has 1 aromatic heterocycles. The Kier molecular flexibility index (Phi) is 7.90. The number of halogens is 1. The number of ether oxygens (including phenoxy) is 1. The fourth-order valence-corrected chi connectivity index (χ4v) is 4.82. The fourth-order valence-electron chi connectivity index (χ4n) is 3.87. The van der Waals surface area contributed by atoms with Crippen molar-refractivity contribution in [2.45, 2.75) is 51.0 Å². The average Bonchev–Trinajstić information content (AvgIpc) is 3.44. The number of thioether (sulfide) groups is 1. The number of aryl methyl sites for hydroxylation is 2. The van der Waals surface area contributed by atoms with E-state index in [1.54, 1.807) is 12.1 Å². The highest BCUT2D eigenvalue weighted by Gasteiger charge is 2.22. The summed E-state index contributed by atoms with van der Waals surface area (Å²) in [4.78, 5) is 12.5. The predicted molar refractivity (Wildman–Crippen MR) is 133 cm³/mol. The van der Waals surface area contributed by atoms with Gasteiger partial charge in [-0.05, 0) is 49.9 Å². The third kappa shape index (κ3) is 6.07. The number of benzene rings is 2. The molecule has 1 aliphatic heterocycles. The van der Waals surface area contributed by atoms with Crippen molar-refractivity contribution in [2.24, 2.45) is 0 Å². The van der Waals surface area contributed by atoms with E-state index in [2.05, 4.69) is 57.4 Å². The summed E-state index contributed by atoms with van der Waals surface area (Å²) in [5.41, 5.74) is 4.08. The SMILES string of the molecule is Cc1cccc(C)c1NCc1nnc(SCC(=O)Nc2ccccc2Cl)n1CC1CCCO1. The van der Waals surface area contributed by atoms with E-state index in [0.717, 1.165) is 31.0 Å². The second-order valence-corrected chi connectivity index (χ2v) is 9.43. The topological polar surface area (TPSA) is 81.1 Å². The van der Waals surface area contributed by atoms with Gasteiger partial charge in [0.25, 0.3) is 0 Å². The molecule has 0 spiro atoms. The van der Waals surface area contributed by atoms with E-state index < -0.39 is 0 Å². The number of aromatic nitrogens is 3. The summed E-state index contributed by atoms with van der Waals surface area (Å²) in [5.74, 6) is 0.885. The van der Waals surface area contributed by atoms with Gasteiger partial charge in [0.1, 0.15) is 0 Å². The first-order valence-corrected chi connectivity index (χ1v) is 12.4. The van der Waals surface area contributed by atoms with Crippen molar-refractivity contribution in [2.75, 3.05) is 23.0 Å². The minimum absolute atomic E-state index is 0.135. The molecule has 7 nitrogen and oxygen atoms in total. The van der Waals surface area contributed by atoms with Crippen LogP contribution in [0.15, 0.2) is 47.6 Å². The average molecular weight is 486 g/mol. The van der Waals surface area contributed by atoms with Crippen molar-refractivity contribution in [3.05, 3.63) is 64.4 Å². The van der Waals surface area contributed by atoms with Gasteiger partial charge in [-0.3, -0.25) is 4.79 Å². The normalized spacial score (nSPS) is 15.5. The van der Waals surface area contributed by atoms with Gasteiger partial charge in [-0.15, -0.1) is 10.2 Å². The van der Waals surface area contributed by atoms with Crippen LogP contribution in [0.2, 0.25) is 5.02 Å². The smallest absolute Gasteiger partial charge is 0.234 e. The van der Waals surface area contributed by atoms with E-state index in [-0.39, 0.29) is 17.8 Å². The molecule has 2 heterocycles. The fraction of sp³-hybridized carbons (Fsp3) is 0.375. The summed E-state index contributed by atoms with van der Waals surface area (Å²) in [6.07, 6.45) is 2.21. The molecule has 33 heavy (non-hydrogen) atoms. The zero-order valence-corrected chi connectivity index (χ0v) is 20.4. The largest absolute Gasteiger partial charge is 0.377 e. The minimum Gasteiger partial charge on any atom is -0.377 e. The van der Waals surface area contributed by atoms with Crippen LogP contribution in [0, 0.1) is 13.8 Å². The third-order valence-corrected chi connectivity index (χ3v) is 6.88. The number of anilines is 2. The van der Waals surface area contributed by atoms with E-state index in [4.69, 9.17) is 16.3 Å². The molecular weight excluding hydrogens is 458 g/mol. The molecule has 174 valence electrons. The summed E-state index contributed by atoms with van der Waals surface area (Å²) in [6.45, 7) is 6.17. The molecule has 0 radical (unpaired) electrons. The van der Waals surface area contributed by atoms with Gasteiger partial charge in [-0.25, -0.2) is 0 Å². The molecule has 2 aromatic carbocycles. The highest BCUT2D eigenvalue weighted by molar-refractivity contribution is 7.99. The number of hydrogen-bond donors (Lipinski definition) is 2. The van der Waals surface area contributed by atoms with Crippen LogP contribution in [0.3, 0.4) is 0 Å². The highest BCUT2D eigenvalue weighted by Crippen LogP contribution is 2.25. The number of nitrogens with one attached hydrogen (secondary N) is 2. The maximum absolute atomic E-state index is 12.5. The molecule has 1 aliphatic rings. The summed E-state index contributed by atoms with van der Waals surface area (Å²) < 4.78 is 7.93. The standard InChI is InChI=1S/C24H28ClN5O2S/c1-16-7-5-8-17(2)23(16)26-13-21-28-29-24(30(21)14-18-9-6-12-32-18)33-15-22(31)27-20-11-4-3-10-19(20)25/h3-5,7-8,10-11,18,26H,6,9,12-15H2,1-2H3,(H,27,31). The zero-order valence-electron chi connectivity index (χ0n) is 18.8. The maximum atomic E-state index is 12.5. The van der Waals surface area contributed by atoms with E-state index in [1.807, 2.05) is 12.1 Å². The van der Waals surface area contributed by atoms with Crippen LogP contribution >= 0.6 is 23.4 Å². The van der Waals surface area contributed by atoms with Gasteiger partial charge in [0, 0.05) is 12.3 Å². The number of carbonyl (C=O) groups is 1. The van der Waals surface area contributed by atoms with Gasteiger partial charge in [0.15, 0.2) is 11.0 Å². The molecule has 0 bridgehead atoms. The monoisotopic (exact) mass is 485 g/mol. The van der Waals surface area contributed by atoms with Crippen LogP contribution in [0.4, 0.5) is 11.4 Å². The lowest BCUT2D eigenvalue weighted by Crippen LogP contribution is -2.20. The van der Waals surface area contributed by atoms with Crippen molar-refractivity contribution in [1.29, 1.82) is 0 Å². The van der Waals surface area contributed by atoms with E-state index in [0.29, 0.717) is 29.0 Å². The van der Waals surface area contributed by atoms with Gasteiger partial charge in [-0.2, -0.15) is 0 Å². The number of nitrogens with zero attached hydrogens (tertiary/aromatic N) is 3. The van der Waals surface area contributed by atoms with Crippen molar-refractivity contribution >= 4 is 40.6 Å². The summed E-state index contributed by atoms with van der Waals surface area (Å²) >= 11 is 7.51. The van der Waals surface area contributed by atoms with Crippen LogP contribution in [-0.4, -0.2) is 39.1 Å². The quantitative estimate of drug-likeness (QED) is 0.412. The van der Waals surface area contributed by atoms with Crippen LogP contribution in [0.1, 0.15) is 29.8 Å². The first-order valence-electron chi connectivity index (χ1n) is 11.0. The number of amides is 1. The Labute approximate surface area is 203 Å². The van der Waals surface area contributed by atoms with Crippen LogP contribution in [-0.2, 0) is 22.6 Å². The van der Waals surface area contributed by atoms with Gasteiger partial charge >= 0.3 is 0 Å². The van der Waals surface area contributed by atoms with Crippen LogP contribution in [0.5, 0.6) is 0 Å². The molecule has 1 saturated heterocycles. The van der Waals surface area contributed by atoms with Gasteiger partial charge in [0.2, 0.25) is 5.91 Å². The first kappa shape index (κ1) is 23.6. The second kappa shape index (κ2) is 11.0. The lowest BCUT2D eigenvalue weighted by molar-refractivity contribution is -0.113. The van der Waals surface area contributed by atoms with Gasteiger partial charge in [-0.1, -0.05) is 53.7 Å². The van der Waals surface area contributed by atoms with E-state index in [9.17, 15) is 4.79 Å². The molecular formula is C24H28ClN5O2S. The van der Waals surface area contributed by atoms with Crippen molar-refractivity contribution in [3.8, 4) is 0 Å². The van der Waals surface area contributed by atoms with Crippen LogP contribution in [0.25, 0.3) is 0 Å². The van der Waals surface area contributed by atoms with E-state index >= 15 is 0 Å².